The molecule has 32 heavy (non-hydrogen) atoms. The van der Waals surface area contributed by atoms with Crippen LogP contribution in [0.3, 0.4) is 0 Å². The van der Waals surface area contributed by atoms with E-state index in [0.29, 0.717) is 31.1 Å². The average Bonchev–Trinajstić information content (AvgIpc) is 3.37. The summed E-state index contributed by atoms with van der Waals surface area (Å²) in [5.74, 6) is 1.90. The summed E-state index contributed by atoms with van der Waals surface area (Å²) in [5, 5.41) is 0.706. The Hall–Kier alpha value is -3.31. The molecule has 0 spiro atoms. The number of ether oxygens (including phenoxy) is 1. The first-order valence-corrected chi connectivity index (χ1v) is 11.2. The number of hydrogen-bond donors (Lipinski definition) is 0. The van der Waals surface area contributed by atoms with Gasteiger partial charge in [-0.25, -0.2) is 4.98 Å². The highest BCUT2D eigenvalue weighted by Crippen LogP contribution is 2.34. The Bertz CT molecular complexity index is 1270. The van der Waals surface area contributed by atoms with Crippen LogP contribution < -0.4 is 9.64 Å². The minimum absolute atomic E-state index is 0.0163. The molecule has 2 heterocycles. The lowest BCUT2D eigenvalue weighted by Gasteiger charge is -2.18. The quantitative estimate of drug-likeness (QED) is 0.388. The fraction of sp³-hybridized carbons (Fsp3) is 0.231. The normalized spacial score (nSPS) is 16.1. The van der Waals surface area contributed by atoms with E-state index in [4.69, 9.17) is 21.3 Å². The summed E-state index contributed by atoms with van der Waals surface area (Å²) in [6, 6.07) is 23.6. The highest BCUT2D eigenvalue weighted by Gasteiger charge is 2.35. The molecular weight excluding hydrogens is 422 g/mol. The molecule has 4 aromatic rings. The maximum atomic E-state index is 12.9. The fourth-order valence-corrected chi connectivity index (χ4v) is 4.46. The number of hydrogen-bond acceptors (Lipinski definition) is 3. The van der Waals surface area contributed by atoms with E-state index in [1.54, 1.807) is 0 Å². The average molecular weight is 446 g/mol. The summed E-state index contributed by atoms with van der Waals surface area (Å²) in [4.78, 5) is 19.7. The molecule has 1 atom stereocenters. The van der Waals surface area contributed by atoms with Gasteiger partial charge in [0.15, 0.2) is 0 Å². The zero-order chi connectivity index (χ0) is 22.1. The molecule has 0 radical (unpaired) electrons. The van der Waals surface area contributed by atoms with Crippen molar-refractivity contribution in [2.45, 2.75) is 25.8 Å². The number of rotatable bonds is 6. The van der Waals surface area contributed by atoms with Gasteiger partial charge in [0, 0.05) is 29.6 Å². The highest BCUT2D eigenvalue weighted by molar-refractivity contribution is 6.31. The minimum Gasteiger partial charge on any atom is -0.492 e. The summed E-state index contributed by atoms with van der Waals surface area (Å²) < 4.78 is 8.14. The van der Waals surface area contributed by atoms with Gasteiger partial charge in [-0.3, -0.25) is 4.79 Å². The maximum absolute atomic E-state index is 12.9. The topological polar surface area (TPSA) is 47.4 Å². The molecule has 1 fully saturated rings. The van der Waals surface area contributed by atoms with E-state index >= 15 is 0 Å². The Morgan fingerprint density at radius 3 is 2.66 bits per heavy atom. The van der Waals surface area contributed by atoms with Gasteiger partial charge in [-0.2, -0.15) is 0 Å². The Labute approximate surface area is 192 Å². The Kier molecular flexibility index (Phi) is 5.58. The summed E-state index contributed by atoms with van der Waals surface area (Å²) in [5.41, 5.74) is 3.85. The van der Waals surface area contributed by atoms with Gasteiger partial charge in [0.25, 0.3) is 0 Å². The third-order valence-electron chi connectivity index (χ3n) is 5.95. The number of carbonyl (C=O) groups is 1. The van der Waals surface area contributed by atoms with Crippen LogP contribution in [0.25, 0.3) is 11.0 Å². The third-order valence-corrected chi connectivity index (χ3v) is 6.38. The lowest BCUT2D eigenvalue weighted by molar-refractivity contribution is -0.117. The van der Waals surface area contributed by atoms with Crippen molar-refractivity contribution in [3.05, 3.63) is 89.2 Å². The van der Waals surface area contributed by atoms with Crippen LogP contribution in [0.15, 0.2) is 72.8 Å². The smallest absolute Gasteiger partial charge is 0.227 e. The first kappa shape index (κ1) is 20.6. The summed E-state index contributed by atoms with van der Waals surface area (Å²) >= 11 is 6.18. The van der Waals surface area contributed by atoms with Gasteiger partial charge in [-0.05, 0) is 55.0 Å². The molecule has 162 valence electrons. The molecule has 1 aromatic heterocycles. The first-order valence-electron chi connectivity index (χ1n) is 10.8. The van der Waals surface area contributed by atoms with E-state index in [1.165, 1.54) is 0 Å². The molecule has 1 aliphatic rings. The van der Waals surface area contributed by atoms with Crippen molar-refractivity contribution in [1.82, 2.24) is 9.55 Å². The van der Waals surface area contributed by atoms with Gasteiger partial charge in [-0.1, -0.05) is 41.9 Å². The Morgan fingerprint density at radius 1 is 1.06 bits per heavy atom. The molecule has 1 aliphatic heterocycles. The molecule has 0 aliphatic carbocycles. The molecule has 0 N–H and O–H groups in total. The van der Waals surface area contributed by atoms with Gasteiger partial charge < -0.3 is 14.2 Å². The van der Waals surface area contributed by atoms with Crippen LogP contribution in [-0.2, 0) is 11.3 Å². The number of aryl methyl sites for hydroxylation is 1. The molecule has 5 nitrogen and oxygen atoms in total. The number of para-hydroxylation sites is 3. The van der Waals surface area contributed by atoms with E-state index in [-0.39, 0.29) is 11.8 Å². The van der Waals surface area contributed by atoms with E-state index in [1.807, 2.05) is 78.6 Å². The van der Waals surface area contributed by atoms with Crippen LogP contribution in [0.5, 0.6) is 5.75 Å². The van der Waals surface area contributed by atoms with Crippen LogP contribution in [-0.4, -0.2) is 28.6 Å². The van der Waals surface area contributed by atoms with Crippen LogP contribution in [0.2, 0.25) is 5.02 Å². The molecule has 1 amide bonds. The zero-order valence-electron chi connectivity index (χ0n) is 17.9. The van der Waals surface area contributed by atoms with Gasteiger partial charge in [0.1, 0.15) is 18.2 Å². The number of benzene rings is 3. The van der Waals surface area contributed by atoms with Gasteiger partial charge >= 0.3 is 0 Å². The van der Waals surface area contributed by atoms with E-state index in [9.17, 15) is 4.79 Å². The highest BCUT2D eigenvalue weighted by atomic mass is 35.5. The monoisotopic (exact) mass is 445 g/mol. The van der Waals surface area contributed by atoms with Crippen LogP contribution >= 0.6 is 11.6 Å². The maximum Gasteiger partial charge on any atom is 0.227 e. The predicted molar refractivity (Wildman–Crippen MR) is 128 cm³/mol. The van der Waals surface area contributed by atoms with Crippen molar-refractivity contribution < 1.29 is 9.53 Å². The number of amides is 1. The van der Waals surface area contributed by atoms with Crippen molar-refractivity contribution in [2.75, 3.05) is 18.1 Å². The van der Waals surface area contributed by atoms with Crippen molar-refractivity contribution >= 4 is 34.2 Å². The molecule has 1 saturated heterocycles. The minimum atomic E-state index is 0.0163. The lowest BCUT2D eigenvalue weighted by atomic mass is 10.1. The molecule has 6 heteroatoms. The number of imidazole rings is 1. The second-order valence-electron chi connectivity index (χ2n) is 8.11. The van der Waals surface area contributed by atoms with Crippen molar-refractivity contribution in [1.29, 1.82) is 0 Å². The van der Waals surface area contributed by atoms with Gasteiger partial charge in [0.2, 0.25) is 5.91 Å². The molecule has 0 unspecified atom stereocenters. The van der Waals surface area contributed by atoms with Crippen molar-refractivity contribution in [3.8, 4) is 5.75 Å². The van der Waals surface area contributed by atoms with E-state index < -0.39 is 0 Å². The third kappa shape index (κ3) is 3.96. The SMILES string of the molecule is Cc1cc(N2C[C@H](c3nc4ccccc4n3CCOc3ccccc3)CC2=O)ccc1Cl. The van der Waals surface area contributed by atoms with Gasteiger partial charge in [-0.15, -0.1) is 0 Å². The number of halogens is 1. The van der Waals surface area contributed by atoms with Gasteiger partial charge in [0.05, 0.1) is 17.6 Å². The largest absolute Gasteiger partial charge is 0.492 e. The van der Waals surface area contributed by atoms with Crippen LogP contribution in [0.4, 0.5) is 5.69 Å². The van der Waals surface area contributed by atoms with Crippen molar-refractivity contribution in [2.24, 2.45) is 0 Å². The molecule has 5 rings (SSSR count). The Morgan fingerprint density at radius 2 is 1.84 bits per heavy atom. The first-order chi connectivity index (χ1) is 15.6. The fourth-order valence-electron chi connectivity index (χ4n) is 4.34. The second kappa shape index (κ2) is 8.67. The molecule has 0 saturated carbocycles. The number of aromatic nitrogens is 2. The summed E-state index contributed by atoms with van der Waals surface area (Å²) in [6.07, 6.45) is 0.435. The molecular formula is C26H24ClN3O2. The summed E-state index contributed by atoms with van der Waals surface area (Å²) in [7, 11) is 0. The second-order valence-corrected chi connectivity index (χ2v) is 8.52. The zero-order valence-corrected chi connectivity index (χ0v) is 18.6. The number of fused-ring (bicyclic) bond motifs is 1. The number of nitrogens with zero attached hydrogens (tertiary/aromatic N) is 3. The number of anilines is 1. The predicted octanol–water partition coefficient (Wildman–Crippen LogP) is 5.60. The van der Waals surface area contributed by atoms with Crippen molar-refractivity contribution in [3.63, 3.8) is 0 Å². The van der Waals surface area contributed by atoms with E-state index in [2.05, 4.69) is 10.6 Å². The van der Waals surface area contributed by atoms with E-state index in [0.717, 1.165) is 33.9 Å². The summed E-state index contributed by atoms with van der Waals surface area (Å²) in [6.45, 7) is 3.74. The molecule has 0 bridgehead atoms. The standard InChI is InChI=1S/C26H24ClN3O2/c1-18-15-20(11-12-22(18)27)30-17-19(16-25(30)31)26-28-23-9-5-6-10-24(23)29(26)13-14-32-21-7-3-2-4-8-21/h2-12,15,19H,13-14,16-17H2,1H3/t19-/m1/s1. The molecule has 3 aromatic carbocycles. The lowest BCUT2D eigenvalue weighted by Crippen LogP contribution is -2.24. The number of carbonyl (C=O) groups excluding carboxylic acids is 1. The Balaban J connectivity index is 1.41. The van der Waals surface area contributed by atoms with Crippen LogP contribution in [0, 0.1) is 6.92 Å². The van der Waals surface area contributed by atoms with Crippen LogP contribution in [0.1, 0.15) is 23.7 Å².